The molecule has 1 atom stereocenters. The number of rotatable bonds is 6. The zero-order valence-electron chi connectivity index (χ0n) is 11.4. The Hall–Kier alpha value is -2.09. The summed E-state index contributed by atoms with van der Waals surface area (Å²) in [6.07, 6.45) is 0.621. The van der Waals surface area contributed by atoms with Crippen LogP contribution in [0.15, 0.2) is 12.1 Å². The van der Waals surface area contributed by atoms with Crippen LogP contribution in [0.3, 0.4) is 0 Å². The van der Waals surface area contributed by atoms with E-state index in [0.29, 0.717) is 12.5 Å². The van der Waals surface area contributed by atoms with Crippen LogP contribution < -0.4 is 16.4 Å². The number of nitrogens with two attached hydrogens (primary N) is 1. The van der Waals surface area contributed by atoms with Crippen molar-refractivity contribution < 1.29 is 22.8 Å². The van der Waals surface area contributed by atoms with Gasteiger partial charge in [0.2, 0.25) is 11.8 Å². The lowest BCUT2D eigenvalue weighted by molar-refractivity contribution is -0.124. The van der Waals surface area contributed by atoms with E-state index < -0.39 is 35.6 Å². The van der Waals surface area contributed by atoms with E-state index in [1.807, 2.05) is 5.32 Å². The van der Waals surface area contributed by atoms with E-state index in [9.17, 15) is 22.8 Å². The van der Waals surface area contributed by atoms with E-state index in [-0.39, 0.29) is 18.4 Å². The first kappa shape index (κ1) is 17.0. The highest BCUT2D eigenvalue weighted by atomic mass is 19.2. The van der Waals surface area contributed by atoms with Gasteiger partial charge in [-0.2, -0.15) is 0 Å². The van der Waals surface area contributed by atoms with Crippen molar-refractivity contribution in [3.05, 3.63) is 29.6 Å². The molecule has 8 heteroatoms. The minimum Gasteiger partial charge on any atom is -0.347 e. The zero-order chi connectivity index (χ0) is 16.0. The maximum absolute atomic E-state index is 13.3. The van der Waals surface area contributed by atoms with Crippen molar-refractivity contribution in [3.63, 3.8) is 0 Å². The fourth-order valence-corrected chi connectivity index (χ4v) is 1.44. The molecule has 0 saturated carbocycles. The lowest BCUT2D eigenvalue weighted by Gasteiger charge is -2.09. The van der Waals surface area contributed by atoms with Gasteiger partial charge < -0.3 is 16.4 Å². The number of amides is 2. The molecule has 0 aromatic heterocycles. The predicted octanol–water partition coefficient (Wildman–Crippen LogP) is 1.29. The maximum Gasteiger partial charge on any atom is 0.243 e. The molecule has 0 aliphatic rings. The van der Waals surface area contributed by atoms with Crippen molar-refractivity contribution in [2.75, 3.05) is 11.9 Å². The summed E-state index contributed by atoms with van der Waals surface area (Å²) in [5, 5.41) is 4.35. The number of halogens is 3. The Morgan fingerprint density at radius 1 is 1.19 bits per heavy atom. The van der Waals surface area contributed by atoms with Crippen LogP contribution in [0.25, 0.3) is 0 Å². The molecule has 1 rings (SSSR count). The van der Waals surface area contributed by atoms with Crippen LogP contribution in [-0.2, 0) is 9.59 Å². The first-order valence-corrected chi connectivity index (χ1v) is 6.27. The van der Waals surface area contributed by atoms with Crippen molar-refractivity contribution in [2.45, 2.75) is 25.8 Å². The van der Waals surface area contributed by atoms with E-state index in [1.165, 1.54) is 0 Å². The third-order valence-corrected chi connectivity index (χ3v) is 2.58. The topological polar surface area (TPSA) is 84.2 Å². The first-order valence-electron chi connectivity index (χ1n) is 6.27. The quantitative estimate of drug-likeness (QED) is 0.692. The Bertz CT molecular complexity index is 536. The molecule has 0 fully saturated rings. The van der Waals surface area contributed by atoms with Crippen molar-refractivity contribution in [1.82, 2.24) is 5.32 Å². The van der Waals surface area contributed by atoms with Gasteiger partial charge >= 0.3 is 0 Å². The number of carbonyl (C=O) groups is 2. The van der Waals surface area contributed by atoms with Gasteiger partial charge in [-0.05, 0) is 25.5 Å². The van der Waals surface area contributed by atoms with E-state index >= 15 is 0 Å². The fraction of sp³-hybridized carbons (Fsp3) is 0.385. The van der Waals surface area contributed by atoms with Crippen molar-refractivity contribution in [2.24, 2.45) is 5.73 Å². The molecule has 0 aliphatic heterocycles. The third kappa shape index (κ3) is 5.42. The summed E-state index contributed by atoms with van der Waals surface area (Å²) in [4.78, 5) is 22.8. The highest BCUT2D eigenvalue weighted by Crippen LogP contribution is 2.19. The van der Waals surface area contributed by atoms with E-state index in [2.05, 4.69) is 5.32 Å². The molecule has 0 saturated heterocycles. The zero-order valence-corrected chi connectivity index (χ0v) is 11.4. The molecule has 0 aliphatic carbocycles. The molecule has 0 heterocycles. The maximum atomic E-state index is 13.3. The van der Waals surface area contributed by atoms with Crippen molar-refractivity contribution >= 4 is 17.5 Å². The molecule has 0 bridgehead atoms. The minimum atomic E-state index is -1.67. The summed E-state index contributed by atoms with van der Waals surface area (Å²) in [7, 11) is 0. The average Bonchev–Trinajstić information content (AvgIpc) is 2.43. The van der Waals surface area contributed by atoms with Crippen molar-refractivity contribution in [1.29, 1.82) is 0 Å². The van der Waals surface area contributed by atoms with Crippen LogP contribution in [0.1, 0.15) is 19.8 Å². The second kappa shape index (κ2) is 7.63. The van der Waals surface area contributed by atoms with Gasteiger partial charge in [0.25, 0.3) is 0 Å². The van der Waals surface area contributed by atoms with Crippen LogP contribution in [0.2, 0.25) is 0 Å². The summed E-state index contributed by atoms with van der Waals surface area (Å²) >= 11 is 0. The molecule has 2 amide bonds. The Labute approximate surface area is 119 Å². The van der Waals surface area contributed by atoms with Crippen LogP contribution in [0.4, 0.5) is 18.9 Å². The molecular weight excluding hydrogens is 287 g/mol. The van der Waals surface area contributed by atoms with Crippen molar-refractivity contribution in [3.8, 4) is 0 Å². The standard InChI is InChI=1S/C13H16F3N3O2/c1-7(17)2-5-10(20)18-6-11(21)19-9-4-3-8(14)12(15)13(9)16/h3-4,7H,2,5-6,17H2,1H3,(H,18,20)(H,19,21). The van der Waals surface area contributed by atoms with E-state index in [0.717, 1.165) is 6.07 Å². The van der Waals surface area contributed by atoms with Gasteiger partial charge in [-0.15, -0.1) is 0 Å². The van der Waals surface area contributed by atoms with Gasteiger partial charge in [0.15, 0.2) is 17.5 Å². The Balaban J connectivity index is 2.48. The highest BCUT2D eigenvalue weighted by molar-refractivity contribution is 5.94. The van der Waals surface area contributed by atoms with Gasteiger partial charge in [0.1, 0.15) is 0 Å². The number of benzene rings is 1. The number of hydrogen-bond donors (Lipinski definition) is 3. The largest absolute Gasteiger partial charge is 0.347 e. The number of carbonyl (C=O) groups excluding carboxylic acids is 2. The second-order valence-corrected chi connectivity index (χ2v) is 4.56. The molecular formula is C13H16F3N3O2. The molecule has 21 heavy (non-hydrogen) atoms. The summed E-state index contributed by atoms with van der Waals surface area (Å²) in [6, 6.07) is 1.44. The van der Waals surface area contributed by atoms with E-state index in [4.69, 9.17) is 5.73 Å². The highest BCUT2D eigenvalue weighted by Gasteiger charge is 2.15. The van der Waals surface area contributed by atoms with Crippen LogP contribution in [0, 0.1) is 17.5 Å². The van der Waals surface area contributed by atoms with Gasteiger partial charge in [-0.3, -0.25) is 9.59 Å². The SMILES string of the molecule is CC(N)CCC(=O)NCC(=O)Nc1ccc(F)c(F)c1F. The van der Waals surface area contributed by atoms with Crippen LogP contribution in [-0.4, -0.2) is 24.4 Å². The first-order chi connectivity index (χ1) is 9.81. The van der Waals surface area contributed by atoms with Gasteiger partial charge in [0.05, 0.1) is 12.2 Å². The average molecular weight is 303 g/mol. The fourth-order valence-electron chi connectivity index (χ4n) is 1.44. The lowest BCUT2D eigenvalue weighted by Crippen LogP contribution is -2.33. The number of hydrogen-bond acceptors (Lipinski definition) is 3. The van der Waals surface area contributed by atoms with Gasteiger partial charge in [-0.25, -0.2) is 13.2 Å². The molecule has 116 valence electrons. The summed E-state index contributed by atoms with van der Waals surface area (Å²) in [6.45, 7) is 1.34. The van der Waals surface area contributed by atoms with E-state index in [1.54, 1.807) is 6.92 Å². The number of nitrogens with one attached hydrogen (secondary N) is 2. The molecule has 0 spiro atoms. The predicted molar refractivity (Wildman–Crippen MR) is 70.8 cm³/mol. The third-order valence-electron chi connectivity index (χ3n) is 2.58. The van der Waals surface area contributed by atoms with Gasteiger partial charge in [0, 0.05) is 12.5 Å². The Kier molecular flexibility index (Phi) is 6.16. The van der Waals surface area contributed by atoms with Crippen LogP contribution in [0.5, 0.6) is 0 Å². The normalized spacial score (nSPS) is 11.9. The number of anilines is 1. The lowest BCUT2D eigenvalue weighted by atomic mass is 10.2. The monoisotopic (exact) mass is 303 g/mol. The minimum absolute atomic E-state index is 0.138. The summed E-state index contributed by atoms with van der Waals surface area (Å²) in [5.41, 5.74) is 4.98. The second-order valence-electron chi connectivity index (χ2n) is 4.56. The summed E-state index contributed by atoms with van der Waals surface area (Å²) < 4.78 is 39.0. The smallest absolute Gasteiger partial charge is 0.243 e. The van der Waals surface area contributed by atoms with Crippen LogP contribution >= 0.6 is 0 Å². The summed E-state index contributed by atoms with van der Waals surface area (Å²) in [5.74, 6) is -5.66. The molecule has 5 nitrogen and oxygen atoms in total. The Morgan fingerprint density at radius 3 is 2.48 bits per heavy atom. The molecule has 1 aromatic carbocycles. The molecule has 0 radical (unpaired) electrons. The molecule has 1 aromatic rings. The molecule has 4 N–H and O–H groups in total. The molecule has 1 unspecified atom stereocenters. The Morgan fingerprint density at radius 2 is 1.86 bits per heavy atom. The van der Waals surface area contributed by atoms with Gasteiger partial charge in [-0.1, -0.05) is 0 Å².